The van der Waals surface area contributed by atoms with E-state index in [1.54, 1.807) is 11.6 Å². The molecule has 0 fully saturated rings. The Hall–Kier alpha value is -2.90. The van der Waals surface area contributed by atoms with Crippen molar-refractivity contribution in [2.75, 3.05) is 5.73 Å². The number of benzene rings is 2. The Bertz CT molecular complexity index is 958. The molecule has 1 heterocycles. The molecule has 8 heteroatoms. The molecule has 0 radical (unpaired) electrons. The number of hydrogen-bond acceptors (Lipinski definition) is 6. The topological polar surface area (TPSA) is 89.6 Å². The van der Waals surface area contributed by atoms with Gasteiger partial charge in [-0.3, -0.25) is 4.79 Å². The SMILES string of the molecule is Nc1nc(CC(=O)N/N=C/c2cccc(OCc3cccc(Cl)c3)c2)cs1. The molecule has 1 amide bonds. The smallest absolute Gasteiger partial charge is 0.246 e. The number of nitrogen functional groups attached to an aromatic ring is 1. The fraction of sp³-hybridized carbons (Fsp3) is 0.105. The van der Waals surface area contributed by atoms with Gasteiger partial charge in [-0.2, -0.15) is 5.10 Å². The highest BCUT2D eigenvalue weighted by atomic mass is 35.5. The van der Waals surface area contributed by atoms with Crippen LogP contribution in [0.4, 0.5) is 5.13 Å². The van der Waals surface area contributed by atoms with E-state index < -0.39 is 0 Å². The molecule has 3 N–H and O–H groups in total. The van der Waals surface area contributed by atoms with E-state index in [0.29, 0.717) is 28.2 Å². The van der Waals surface area contributed by atoms with Gasteiger partial charge in [0, 0.05) is 10.4 Å². The first-order chi connectivity index (χ1) is 13.1. The predicted octanol–water partition coefficient (Wildman–Crippen LogP) is 3.65. The normalized spacial score (nSPS) is 10.9. The van der Waals surface area contributed by atoms with Gasteiger partial charge in [-0.1, -0.05) is 35.9 Å². The molecular weight excluding hydrogens is 384 g/mol. The van der Waals surface area contributed by atoms with Gasteiger partial charge >= 0.3 is 0 Å². The molecule has 3 rings (SSSR count). The lowest BCUT2D eigenvalue weighted by Crippen LogP contribution is -2.19. The van der Waals surface area contributed by atoms with Gasteiger partial charge in [-0.25, -0.2) is 10.4 Å². The standard InChI is InChI=1S/C19H17ClN4O2S/c20-15-5-1-4-14(7-15)11-26-17-6-2-3-13(8-17)10-22-24-18(25)9-16-12-27-19(21)23-16/h1-8,10,12H,9,11H2,(H2,21,23)(H,24,25)/b22-10+. The molecular formula is C19H17ClN4O2S. The zero-order chi connectivity index (χ0) is 19.1. The number of nitrogens with zero attached hydrogens (tertiary/aromatic N) is 2. The molecule has 0 atom stereocenters. The monoisotopic (exact) mass is 400 g/mol. The van der Waals surface area contributed by atoms with Crippen molar-refractivity contribution in [1.29, 1.82) is 0 Å². The summed E-state index contributed by atoms with van der Waals surface area (Å²) in [6.07, 6.45) is 1.69. The van der Waals surface area contributed by atoms with Crippen LogP contribution in [0.5, 0.6) is 5.75 Å². The number of halogens is 1. The van der Waals surface area contributed by atoms with Crippen molar-refractivity contribution < 1.29 is 9.53 Å². The molecule has 0 aliphatic heterocycles. The molecule has 6 nitrogen and oxygen atoms in total. The number of carbonyl (C=O) groups excluding carboxylic acids is 1. The highest BCUT2D eigenvalue weighted by molar-refractivity contribution is 7.13. The van der Waals surface area contributed by atoms with Gasteiger partial charge in [0.2, 0.25) is 5.91 Å². The number of aromatic nitrogens is 1. The minimum Gasteiger partial charge on any atom is -0.489 e. The molecule has 0 saturated heterocycles. The summed E-state index contributed by atoms with van der Waals surface area (Å²) in [6.45, 7) is 0.411. The minimum absolute atomic E-state index is 0.133. The van der Waals surface area contributed by atoms with E-state index >= 15 is 0 Å². The summed E-state index contributed by atoms with van der Waals surface area (Å²) < 4.78 is 5.77. The van der Waals surface area contributed by atoms with Gasteiger partial charge in [0.25, 0.3) is 0 Å². The van der Waals surface area contributed by atoms with Gasteiger partial charge in [-0.05, 0) is 35.4 Å². The average molecular weight is 401 g/mol. The second-order valence-corrected chi connectivity index (χ2v) is 6.96. The van der Waals surface area contributed by atoms with Gasteiger partial charge in [0.15, 0.2) is 5.13 Å². The van der Waals surface area contributed by atoms with Crippen molar-refractivity contribution in [1.82, 2.24) is 10.4 Å². The van der Waals surface area contributed by atoms with Crippen LogP contribution in [0.3, 0.4) is 0 Å². The Morgan fingerprint density at radius 3 is 2.93 bits per heavy atom. The number of nitrogens with one attached hydrogen (secondary N) is 1. The minimum atomic E-state index is -0.259. The van der Waals surface area contributed by atoms with Crippen molar-refractivity contribution in [2.45, 2.75) is 13.0 Å². The van der Waals surface area contributed by atoms with Crippen LogP contribution in [0, 0.1) is 0 Å². The maximum atomic E-state index is 11.8. The van der Waals surface area contributed by atoms with Gasteiger partial charge < -0.3 is 10.5 Å². The summed E-state index contributed by atoms with van der Waals surface area (Å²) in [5.74, 6) is 0.438. The number of ether oxygens (including phenoxy) is 1. The first-order valence-electron chi connectivity index (χ1n) is 8.07. The van der Waals surface area contributed by atoms with E-state index in [9.17, 15) is 4.79 Å². The Labute approximate surface area is 165 Å². The lowest BCUT2D eigenvalue weighted by atomic mass is 10.2. The molecule has 1 aromatic heterocycles. The van der Waals surface area contributed by atoms with Crippen LogP contribution in [-0.4, -0.2) is 17.1 Å². The Kier molecular flexibility index (Phi) is 6.40. The first kappa shape index (κ1) is 18.9. The molecule has 0 aliphatic carbocycles. The van der Waals surface area contributed by atoms with Crippen LogP contribution in [0.2, 0.25) is 5.02 Å². The highest BCUT2D eigenvalue weighted by Crippen LogP contribution is 2.16. The van der Waals surface area contributed by atoms with E-state index in [1.165, 1.54) is 11.3 Å². The van der Waals surface area contributed by atoms with Crippen LogP contribution >= 0.6 is 22.9 Å². The number of rotatable bonds is 7. The number of hydrazone groups is 1. The quantitative estimate of drug-likeness (QED) is 0.468. The number of amides is 1. The van der Waals surface area contributed by atoms with Crippen molar-refractivity contribution in [3.8, 4) is 5.75 Å². The number of hydrogen-bond donors (Lipinski definition) is 2. The van der Waals surface area contributed by atoms with Crippen LogP contribution in [0.1, 0.15) is 16.8 Å². The first-order valence-corrected chi connectivity index (χ1v) is 9.33. The van der Waals surface area contributed by atoms with Crippen LogP contribution < -0.4 is 15.9 Å². The fourth-order valence-electron chi connectivity index (χ4n) is 2.26. The predicted molar refractivity (Wildman–Crippen MR) is 108 cm³/mol. The second-order valence-electron chi connectivity index (χ2n) is 5.64. The summed E-state index contributed by atoms with van der Waals surface area (Å²) in [6, 6.07) is 14.9. The molecule has 138 valence electrons. The summed E-state index contributed by atoms with van der Waals surface area (Å²) >= 11 is 7.27. The Morgan fingerprint density at radius 1 is 1.30 bits per heavy atom. The van der Waals surface area contributed by atoms with Gasteiger partial charge in [0.05, 0.1) is 18.3 Å². The van der Waals surface area contributed by atoms with E-state index in [2.05, 4.69) is 15.5 Å². The lowest BCUT2D eigenvalue weighted by molar-refractivity contribution is -0.120. The van der Waals surface area contributed by atoms with E-state index in [0.717, 1.165) is 11.1 Å². The third-order valence-electron chi connectivity index (χ3n) is 3.47. The third-order valence-corrected chi connectivity index (χ3v) is 4.42. The van der Waals surface area contributed by atoms with Crippen LogP contribution in [0.15, 0.2) is 59.0 Å². The lowest BCUT2D eigenvalue weighted by Gasteiger charge is -2.07. The summed E-state index contributed by atoms with van der Waals surface area (Å²) in [5.41, 5.74) is 10.4. The number of carbonyl (C=O) groups is 1. The Morgan fingerprint density at radius 2 is 2.15 bits per heavy atom. The highest BCUT2D eigenvalue weighted by Gasteiger charge is 2.05. The molecule has 0 spiro atoms. The molecule has 2 aromatic carbocycles. The summed E-state index contributed by atoms with van der Waals surface area (Å²) in [5, 5.41) is 6.83. The zero-order valence-electron chi connectivity index (χ0n) is 14.3. The maximum absolute atomic E-state index is 11.8. The fourth-order valence-corrected chi connectivity index (χ4v) is 3.04. The Balaban J connectivity index is 1.52. The number of nitrogens with two attached hydrogens (primary N) is 1. The van der Waals surface area contributed by atoms with Gasteiger partial charge in [0.1, 0.15) is 12.4 Å². The van der Waals surface area contributed by atoms with E-state index in [4.69, 9.17) is 22.1 Å². The van der Waals surface area contributed by atoms with Crippen molar-refractivity contribution >= 4 is 40.2 Å². The maximum Gasteiger partial charge on any atom is 0.246 e. The number of thiazole rings is 1. The van der Waals surface area contributed by atoms with Gasteiger partial charge in [-0.15, -0.1) is 11.3 Å². The van der Waals surface area contributed by atoms with E-state index in [1.807, 2.05) is 48.5 Å². The van der Waals surface area contributed by atoms with Crippen LogP contribution in [-0.2, 0) is 17.8 Å². The molecule has 3 aromatic rings. The third kappa shape index (κ3) is 6.09. The van der Waals surface area contributed by atoms with Crippen LogP contribution in [0.25, 0.3) is 0 Å². The molecule has 0 aliphatic rings. The van der Waals surface area contributed by atoms with Crippen molar-refractivity contribution in [2.24, 2.45) is 5.10 Å². The van der Waals surface area contributed by atoms with Crippen molar-refractivity contribution in [3.05, 3.63) is 75.8 Å². The second kappa shape index (κ2) is 9.16. The van der Waals surface area contributed by atoms with Crippen molar-refractivity contribution in [3.63, 3.8) is 0 Å². The average Bonchev–Trinajstić information content (AvgIpc) is 3.05. The molecule has 0 bridgehead atoms. The van der Waals surface area contributed by atoms with E-state index in [-0.39, 0.29) is 12.3 Å². The molecule has 0 saturated carbocycles. The number of anilines is 1. The summed E-state index contributed by atoms with van der Waals surface area (Å²) in [7, 11) is 0. The molecule has 0 unspecified atom stereocenters. The summed E-state index contributed by atoms with van der Waals surface area (Å²) in [4.78, 5) is 15.9. The molecule has 27 heavy (non-hydrogen) atoms. The largest absolute Gasteiger partial charge is 0.489 e. The zero-order valence-corrected chi connectivity index (χ0v) is 15.8.